The molecule has 1 atom stereocenters. The van der Waals surface area contributed by atoms with Crippen molar-refractivity contribution >= 4 is 10.0 Å². The first kappa shape index (κ1) is 17.6. The minimum atomic E-state index is -3.52. The molecule has 0 aliphatic carbocycles. The van der Waals surface area contributed by atoms with Gasteiger partial charge < -0.3 is 9.47 Å². The van der Waals surface area contributed by atoms with E-state index >= 15 is 0 Å². The molecule has 1 aliphatic heterocycles. The van der Waals surface area contributed by atoms with Gasteiger partial charge in [0.25, 0.3) is 0 Å². The summed E-state index contributed by atoms with van der Waals surface area (Å²) in [7, 11) is -2.04. The fraction of sp³-hybridized carbons (Fsp3) is 0.412. The van der Waals surface area contributed by atoms with E-state index in [0.29, 0.717) is 23.9 Å². The number of hydrogen-bond donors (Lipinski definition) is 0. The minimum absolute atomic E-state index is 0.220. The van der Waals surface area contributed by atoms with Crippen LogP contribution in [0.5, 0.6) is 11.9 Å². The summed E-state index contributed by atoms with van der Waals surface area (Å²) in [5.74, 6) is 0.381. The molecule has 0 bridgehead atoms. The highest BCUT2D eigenvalue weighted by Crippen LogP contribution is 2.23. The van der Waals surface area contributed by atoms with Gasteiger partial charge in [0.1, 0.15) is 6.10 Å². The van der Waals surface area contributed by atoms with E-state index in [4.69, 9.17) is 9.47 Å². The molecule has 0 radical (unpaired) electrons. The molecule has 2 aromatic rings. The fourth-order valence-electron chi connectivity index (χ4n) is 2.74. The van der Waals surface area contributed by atoms with Crippen LogP contribution in [-0.2, 0) is 10.0 Å². The van der Waals surface area contributed by atoms with Crippen LogP contribution in [0.25, 0.3) is 0 Å². The summed E-state index contributed by atoms with van der Waals surface area (Å²) in [4.78, 5) is 8.36. The molecule has 8 heteroatoms. The summed E-state index contributed by atoms with van der Waals surface area (Å²) in [6.07, 6.45) is 2.79. The zero-order valence-corrected chi connectivity index (χ0v) is 15.1. The molecular weight excluding hydrogens is 342 g/mol. The van der Waals surface area contributed by atoms with Crippen molar-refractivity contribution in [1.29, 1.82) is 0 Å². The number of aryl methyl sites for hydroxylation is 1. The highest BCUT2D eigenvalue weighted by molar-refractivity contribution is 7.89. The first-order valence-corrected chi connectivity index (χ1v) is 9.53. The maximum atomic E-state index is 12.8. The maximum absolute atomic E-state index is 12.8. The Bertz CT molecular complexity index is 824. The Morgan fingerprint density at radius 2 is 1.96 bits per heavy atom. The van der Waals surface area contributed by atoms with Gasteiger partial charge in [0.15, 0.2) is 0 Å². The SMILES string of the molecule is COc1nccc(OC2CCCN(S(=O)(=O)c3ccc(C)cc3)C2)n1. The number of sulfonamides is 1. The van der Waals surface area contributed by atoms with Crippen LogP contribution in [0.1, 0.15) is 18.4 Å². The molecule has 2 heterocycles. The monoisotopic (exact) mass is 363 g/mol. The van der Waals surface area contributed by atoms with Gasteiger partial charge in [0.05, 0.1) is 18.6 Å². The summed E-state index contributed by atoms with van der Waals surface area (Å²) in [6, 6.07) is 8.75. The van der Waals surface area contributed by atoms with Gasteiger partial charge in [0.2, 0.25) is 15.9 Å². The van der Waals surface area contributed by atoms with Crippen LogP contribution in [0, 0.1) is 6.92 Å². The van der Waals surface area contributed by atoms with Gasteiger partial charge >= 0.3 is 6.01 Å². The predicted octanol–water partition coefficient (Wildman–Crippen LogP) is 2.03. The van der Waals surface area contributed by atoms with E-state index in [1.165, 1.54) is 11.4 Å². The Kier molecular flexibility index (Phi) is 5.19. The molecule has 1 unspecified atom stereocenters. The lowest BCUT2D eigenvalue weighted by atomic mass is 10.1. The number of aromatic nitrogens is 2. The van der Waals surface area contributed by atoms with E-state index in [0.717, 1.165) is 18.4 Å². The highest BCUT2D eigenvalue weighted by Gasteiger charge is 2.31. The number of hydrogen-bond acceptors (Lipinski definition) is 6. The lowest BCUT2D eigenvalue weighted by Crippen LogP contribution is -2.44. The maximum Gasteiger partial charge on any atom is 0.319 e. The Balaban J connectivity index is 1.73. The molecule has 3 rings (SSSR count). The predicted molar refractivity (Wildman–Crippen MR) is 92.2 cm³/mol. The Morgan fingerprint density at radius 1 is 1.20 bits per heavy atom. The Hall–Kier alpha value is -2.19. The van der Waals surface area contributed by atoms with Crippen molar-refractivity contribution in [2.75, 3.05) is 20.2 Å². The third kappa shape index (κ3) is 4.08. The molecule has 0 N–H and O–H groups in total. The summed E-state index contributed by atoms with van der Waals surface area (Å²) in [5, 5.41) is 0. The third-order valence-corrected chi connectivity index (χ3v) is 5.96. The van der Waals surface area contributed by atoms with Gasteiger partial charge in [-0.15, -0.1) is 0 Å². The smallest absolute Gasteiger partial charge is 0.319 e. The van der Waals surface area contributed by atoms with Gasteiger partial charge in [0, 0.05) is 18.8 Å². The summed E-state index contributed by atoms with van der Waals surface area (Å²) < 4.78 is 37.9. The van der Waals surface area contributed by atoms with Gasteiger partial charge in [-0.1, -0.05) is 17.7 Å². The van der Waals surface area contributed by atoms with E-state index in [1.807, 2.05) is 6.92 Å². The van der Waals surface area contributed by atoms with Gasteiger partial charge in [-0.25, -0.2) is 13.4 Å². The van der Waals surface area contributed by atoms with Crippen LogP contribution in [0.15, 0.2) is 41.4 Å². The zero-order valence-electron chi connectivity index (χ0n) is 14.3. The van der Waals surface area contributed by atoms with Crippen molar-refractivity contribution in [3.8, 4) is 11.9 Å². The summed E-state index contributed by atoms with van der Waals surface area (Å²) in [5.41, 5.74) is 1.02. The second-order valence-corrected chi connectivity index (χ2v) is 7.88. The van der Waals surface area contributed by atoms with Crippen LogP contribution >= 0.6 is 0 Å². The van der Waals surface area contributed by atoms with Crippen molar-refractivity contribution in [3.63, 3.8) is 0 Å². The quantitative estimate of drug-likeness (QED) is 0.808. The Morgan fingerprint density at radius 3 is 2.68 bits per heavy atom. The average molecular weight is 363 g/mol. The standard InChI is InChI=1S/C17H21N3O4S/c1-13-5-7-15(8-6-13)25(21,22)20-11-3-4-14(12-20)24-16-9-10-18-17(19-16)23-2/h5-10,14H,3-4,11-12H2,1-2H3. The van der Waals surface area contributed by atoms with Crippen molar-refractivity contribution in [2.24, 2.45) is 0 Å². The van der Waals surface area contributed by atoms with Crippen LogP contribution in [-0.4, -0.2) is 49.0 Å². The molecule has 1 aromatic carbocycles. The highest BCUT2D eigenvalue weighted by atomic mass is 32.2. The van der Waals surface area contributed by atoms with Crippen molar-refractivity contribution in [1.82, 2.24) is 14.3 Å². The van der Waals surface area contributed by atoms with Crippen LogP contribution < -0.4 is 9.47 Å². The third-order valence-electron chi connectivity index (χ3n) is 4.08. The van der Waals surface area contributed by atoms with Crippen LogP contribution in [0.3, 0.4) is 0 Å². The molecule has 1 aromatic heterocycles. The first-order valence-electron chi connectivity index (χ1n) is 8.09. The molecule has 1 aliphatic rings. The second kappa shape index (κ2) is 7.37. The first-order chi connectivity index (χ1) is 12.0. The molecule has 25 heavy (non-hydrogen) atoms. The van der Waals surface area contributed by atoms with Crippen molar-refractivity contribution < 1.29 is 17.9 Å². The molecular formula is C17H21N3O4S. The molecule has 0 amide bonds. The largest absolute Gasteiger partial charge is 0.473 e. The van der Waals surface area contributed by atoms with Gasteiger partial charge in [-0.05, 0) is 31.9 Å². The van der Waals surface area contributed by atoms with E-state index < -0.39 is 10.0 Å². The second-order valence-electron chi connectivity index (χ2n) is 5.94. The molecule has 1 fully saturated rings. The minimum Gasteiger partial charge on any atom is -0.473 e. The molecule has 134 valence electrons. The summed E-state index contributed by atoms with van der Waals surface area (Å²) >= 11 is 0. The van der Waals surface area contributed by atoms with Crippen LogP contribution in [0.4, 0.5) is 0 Å². The zero-order chi connectivity index (χ0) is 17.9. The summed E-state index contributed by atoms with van der Waals surface area (Å²) in [6.45, 7) is 2.71. The van der Waals surface area contributed by atoms with E-state index in [1.54, 1.807) is 36.5 Å². The number of benzene rings is 1. The number of rotatable bonds is 5. The van der Waals surface area contributed by atoms with Gasteiger partial charge in [-0.2, -0.15) is 9.29 Å². The lowest BCUT2D eigenvalue weighted by molar-refractivity contribution is 0.123. The normalized spacial score (nSPS) is 18.7. The fourth-order valence-corrected chi connectivity index (χ4v) is 4.25. The van der Waals surface area contributed by atoms with E-state index in [2.05, 4.69) is 9.97 Å². The molecule has 0 saturated carbocycles. The number of ether oxygens (including phenoxy) is 2. The number of methoxy groups -OCH3 is 1. The lowest BCUT2D eigenvalue weighted by Gasteiger charge is -2.31. The Labute approximate surface area is 147 Å². The van der Waals surface area contributed by atoms with Crippen molar-refractivity contribution in [3.05, 3.63) is 42.1 Å². The molecule has 0 spiro atoms. The van der Waals surface area contributed by atoms with Gasteiger partial charge in [-0.3, -0.25) is 0 Å². The molecule has 1 saturated heterocycles. The van der Waals surface area contributed by atoms with E-state index in [9.17, 15) is 8.42 Å². The number of piperidine rings is 1. The van der Waals surface area contributed by atoms with E-state index in [-0.39, 0.29) is 12.1 Å². The average Bonchev–Trinajstić information content (AvgIpc) is 2.62. The number of nitrogens with zero attached hydrogens (tertiary/aromatic N) is 3. The molecule has 7 nitrogen and oxygen atoms in total. The topological polar surface area (TPSA) is 81.6 Å². The van der Waals surface area contributed by atoms with Crippen LogP contribution in [0.2, 0.25) is 0 Å². The van der Waals surface area contributed by atoms with Crippen molar-refractivity contribution in [2.45, 2.75) is 30.8 Å².